The summed E-state index contributed by atoms with van der Waals surface area (Å²) < 4.78 is 0. The van der Waals surface area contributed by atoms with Gasteiger partial charge in [0.15, 0.2) is 0 Å². The Labute approximate surface area is 126 Å². The van der Waals surface area contributed by atoms with Gasteiger partial charge in [-0.05, 0) is 24.8 Å². The molecule has 1 amide bonds. The van der Waals surface area contributed by atoms with Crippen molar-refractivity contribution in [3.63, 3.8) is 0 Å². The van der Waals surface area contributed by atoms with Crippen molar-refractivity contribution in [2.24, 2.45) is 0 Å². The summed E-state index contributed by atoms with van der Waals surface area (Å²) in [5.41, 5.74) is 1.16. The van der Waals surface area contributed by atoms with Crippen molar-refractivity contribution in [1.82, 2.24) is 9.80 Å². The number of piperidine rings is 1. The molecule has 1 spiro atoms. The Balaban J connectivity index is 1.75. The highest BCUT2D eigenvalue weighted by Crippen LogP contribution is 2.44. The third-order valence-corrected chi connectivity index (χ3v) is 5.33. The van der Waals surface area contributed by atoms with E-state index < -0.39 is 0 Å². The standard InChI is InChI=1S/C17H24N2O2/c1-18-16(21)15(14-5-3-2-4-6-14)13-17(18)7-9-19(10-8-17)11-12-20/h2-6,15,20H,7-13H2,1H3/t15-/m0/s1. The third kappa shape index (κ3) is 2.58. The van der Waals surface area contributed by atoms with Crippen LogP contribution in [0.4, 0.5) is 0 Å². The van der Waals surface area contributed by atoms with Crippen LogP contribution in [0.3, 0.4) is 0 Å². The molecule has 2 aliphatic rings. The molecule has 1 atom stereocenters. The summed E-state index contributed by atoms with van der Waals surface area (Å²) >= 11 is 0. The van der Waals surface area contributed by atoms with E-state index in [9.17, 15) is 4.79 Å². The van der Waals surface area contributed by atoms with Gasteiger partial charge in [0.1, 0.15) is 0 Å². The van der Waals surface area contributed by atoms with Gasteiger partial charge in [0, 0.05) is 32.2 Å². The van der Waals surface area contributed by atoms with E-state index in [4.69, 9.17) is 5.11 Å². The smallest absolute Gasteiger partial charge is 0.230 e. The van der Waals surface area contributed by atoms with Crippen LogP contribution in [0, 0.1) is 0 Å². The Morgan fingerprint density at radius 2 is 1.90 bits per heavy atom. The molecular formula is C17H24N2O2. The van der Waals surface area contributed by atoms with Crippen molar-refractivity contribution in [2.75, 3.05) is 33.3 Å². The predicted molar refractivity (Wildman–Crippen MR) is 82.1 cm³/mol. The summed E-state index contributed by atoms with van der Waals surface area (Å²) in [4.78, 5) is 17.0. The van der Waals surface area contributed by atoms with Gasteiger partial charge in [0.05, 0.1) is 12.5 Å². The number of amides is 1. The second-order valence-electron chi connectivity index (χ2n) is 6.35. The first kappa shape index (κ1) is 14.5. The molecule has 4 heteroatoms. The molecule has 0 aliphatic carbocycles. The summed E-state index contributed by atoms with van der Waals surface area (Å²) in [6, 6.07) is 10.2. The predicted octanol–water partition coefficient (Wildman–Crippen LogP) is 1.46. The van der Waals surface area contributed by atoms with E-state index in [1.165, 1.54) is 0 Å². The molecule has 0 radical (unpaired) electrons. The van der Waals surface area contributed by atoms with Crippen LogP contribution < -0.4 is 0 Å². The molecule has 0 bridgehead atoms. The number of aliphatic hydroxyl groups excluding tert-OH is 1. The third-order valence-electron chi connectivity index (χ3n) is 5.33. The zero-order valence-corrected chi connectivity index (χ0v) is 12.7. The van der Waals surface area contributed by atoms with Crippen LogP contribution >= 0.6 is 0 Å². The minimum absolute atomic E-state index is 0.0144. The summed E-state index contributed by atoms with van der Waals surface area (Å²) in [5, 5.41) is 9.05. The van der Waals surface area contributed by atoms with Gasteiger partial charge < -0.3 is 14.9 Å². The van der Waals surface area contributed by atoms with E-state index in [1.54, 1.807) is 0 Å². The van der Waals surface area contributed by atoms with Gasteiger partial charge in [-0.1, -0.05) is 30.3 Å². The van der Waals surface area contributed by atoms with Crippen molar-refractivity contribution in [3.05, 3.63) is 35.9 Å². The fraction of sp³-hybridized carbons (Fsp3) is 0.588. The molecule has 21 heavy (non-hydrogen) atoms. The number of aliphatic hydroxyl groups is 1. The molecular weight excluding hydrogens is 264 g/mol. The molecule has 1 N–H and O–H groups in total. The molecule has 0 unspecified atom stereocenters. The zero-order valence-electron chi connectivity index (χ0n) is 12.7. The van der Waals surface area contributed by atoms with Crippen LogP contribution in [-0.4, -0.2) is 59.6 Å². The number of likely N-dealkylation sites (tertiary alicyclic amines) is 2. The maximum atomic E-state index is 12.7. The minimum Gasteiger partial charge on any atom is -0.395 e. The lowest BCUT2D eigenvalue weighted by molar-refractivity contribution is -0.131. The van der Waals surface area contributed by atoms with Crippen molar-refractivity contribution in [2.45, 2.75) is 30.7 Å². The molecule has 0 aromatic heterocycles. The second-order valence-corrected chi connectivity index (χ2v) is 6.35. The van der Waals surface area contributed by atoms with E-state index in [0.29, 0.717) is 0 Å². The van der Waals surface area contributed by atoms with Gasteiger partial charge in [-0.15, -0.1) is 0 Å². The highest BCUT2D eigenvalue weighted by Gasteiger charge is 2.50. The van der Waals surface area contributed by atoms with Gasteiger partial charge >= 0.3 is 0 Å². The summed E-state index contributed by atoms with van der Waals surface area (Å²) in [6.45, 7) is 2.91. The lowest BCUT2D eigenvalue weighted by Gasteiger charge is -2.43. The fourth-order valence-corrected chi connectivity index (χ4v) is 3.89. The quantitative estimate of drug-likeness (QED) is 0.916. The number of benzene rings is 1. The maximum Gasteiger partial charge on any atom is 0.230 e. The topological polar surface area (TPSA) is 43.8 Å². The molecule has 2 saturated heterocycles. The Morgan fingerprint density at radius 1 is 1.24 bits per heavy atom. The van der Waals surface area contributed by atoms with Crippen LogP contribution in [0.15, 0.2) is 30.3 Å². The SMILES string of the molecule is CN1C(=O)[C@H](c2ccccc2)CC12CCN(CCO)CC2. The van der Waals surface area contributed by atoms with Crippen LogP contribution in [0.1, 0.15) is 30.7 Å². The van der Waals surface area contributed by atoms with Crippen molar-refractivity contribution < 1.29 is 9.90 Å². The summed E-state index contributed by atoms with van der Waals surface area (Å²) in [5.74, 6) is 0.275. The summed E-state index contributed by atoms with van der Waals surface area (Å²) in [6.07, 6.45) is 2.95. The van der Waals surface area contributed by atoms with Crippen LogP contribution in [-0.2, 0) is 4.79 Å². The number of β-amino-alcohol motifs (C(OH)–C–C–N with tert-alkyl or cyclic N) is 1. The highest BCUT2D eigenvalue weighted by molar-refractivity contribution is 5.87. The maximum absolute atomic E-state index is 12.7. The largest absolute Gasteiger partial charge is 0.395 e. The molecule has 1 aromatic carbocycles. The van der Waals surface area contributed by atoms with Crippen LogP contribution in [0.25, 0.3) is 0 Å². The van der Waals surface area contributed by atoms with Crippen molar-refractivity contribution in [1.29, 1.82) is 0 Å². The summed E-state index contributed by atoms with van der Waals surface area (Å²) in [7, 11) is 1.97. The number of hydrogen-bond donors (Lipinski definition) is 1. The first-order valence-corrected chi connectivity index (χ1v) is 7.82. The van der Waals surface area contributed by atoms with E-state index in [0.717, 1.165) is 44.5 Å². The number of hydrogen-bond acceptors (Lipinski definition) is 3. The number of likely N-dealkylation sites (N-methyl/N-ethyl adjacent to an activating group) is 1. The molecule has 3 rings (SSSR count). The number of rotatable bonds is 3. The van der Waals surface area contributed by atoms with E-state index >= 15 is 0 Å². The Bertz CT molecular complexity index is 495. The Kier molecular flexibility index (Phi) is 4.00. The first-order chi connectivity index (χ1) is 10.2. The van der Waals surface area contributed by atoms with Crippen LogP contribution in [0.5, 0.6) is 0 Å². The van der Waals surface area contributed by atoms with Crippen molar-refractivity contribution in [3.8, 4) is 0 Å². The normalized spacial score (nSPS) is 25.7. The van der Waals surface area contributed by atoms with Gasteiger partial charge in [-0.3, -0.25) is 4.79 Å². The average Bonchev–Trinajstić information content (AvgIpc) is 2.77. The van der Waals surface area contributed by atoms with Crippen molar-refractivity contribution >= 4 is 5.91 Å². The average molecular weight is 288 g/mol. The molecule has 2 aliphatic heterocycles. The lowest BCUT2D eigenvalue weighted by Crippen LogP contribution is -2.51. The fourth-order valence-electron chi connectivity index (χ4n) is 3.89. The van der Waals surface area contributed by atoms with Gasteiger partial charge in [-0.2, -0.15) is 0 Å². The minimum atomic E-state index is 0.0144. The monoisotopic (exact) mass is 288 g/mol. The van der Waals surface area contributed by atoms with Gasteiger partial charge in [-0.25, -0.2) is 0 Å². The number of nitrogens with zero attached hydrogens (tertiary/aromatic N) is 2. The second kappa shape index (κ2) is 5.78. The number of carbonyl (C=O) groups excluding carboxylic acids is 1. The molecule has 0 saturated carbocycles. The molecule has 2 heterocycles. The highest BCUT2D eigenvalue weighted by atomic mass is 16.3. The zero-order chi connectivity index (χ0) is 14.9. The lowest BCUT2D eigenvalue weighted by atomic mass is 9.81. The van der Waals surface area contributed by atoms with E-state index in [-0.39, 0.29) is 24.0 Å². The number of carbonyl (C=O) groups is 1. The Morgan fingerprint density at radius 3 is 2.52 bits per heavy atom. The molecule has 4 nitrogen and oxygen atoms in total. The van der Waals surface area contributed by atoms with E-state index in [1.807, 2.05) is 30.1 Å². The van der Waals surface area contributed by atoms with E-state index in [2.05, 4.69) is 17.0 Å². The van der Waals surface area contributed by atoms with Gasteiger partial charge in [0.2, 0.25) is 5.91 Å². The molecule has 2 fully saturated rings. The van der Waals surface area contributed by atoms with Crippen LogP contribution in [0.2, 0.25) is 0 Å². The first-order valence-electron chi connectivity index (χ1n) is 7.82. The van der Waals surface area contributed by atoms with Gasteiger partial charge in [0.25, 0.3) is 0 Å². The molecule has 114 valence electrons. The molecule has 1 aromatic rings. The Hall–Kier alpha value is -1.39.